The number of phenols is 1. The molecule has 7 nitrogen and oxygen atoms in total. The first-order valence-electron chi connectivity index (χ1n) is 8.48. The van der Waals surface area contributed by atoms with Gasteiger partial charge < -0.3 is 15.2 Å². The Morgan fingerprint density at radius 1 is 1.22 bits per heavy atom. The third-order valence-corrected chi connectivity index (χ3v) is 4.02. The van der Waals surface area contributed by atoms with Crippen molar-refractivity contribution in [1.82, 2.24) is 20.3 Å². The minimum Gasteiger partial charge on any atom is -0.504 e. The summed E-state index contributed by atoms with van der Waals surface area (Å²) >= 11 is 0. The van der Waals surface area contributed by atoms with Crippen molar-refractivity contribution in [1.29, 1.82) is 0 Å². The van der Waals surface area contributed by atoms with Gasteiger partial charge in [0.05, 0.1) is 6.04 Å². The molecule has 0 radical (unpaired) electrons. The van der Waals surface area contributed by atoms with E-state index in [1.165, 1.54) is 6.07 Å². The number of para-hydroxylation sites is 2. The van der Waals surface area contributed by atoms with Crippen LogP contribution in [0.15, 0.2) is 55.0 Å². The van der Waals surface area contributed by atoms with Crippen LogP contribution in [0.1, 0.15) is 24.2 Å². The number of rotatable bonds is 6. The molecule has 1 unspecified atom stereocenters. The Morgan fingerprint density at radius 2 is 1.96 bits per heavy atom. The summed E-state index contributed by atoms with van der Waals surface area (Å²) in [5.41, 5.74) is 2.49. The molecule has 27 heavy (non-hydrogen) atoms. The summed E-state index contributed by atoms with van der Waals surface area (Å²) in [6.45, 7) is 3.54. The highest BCUT2D eigenvalue weighted by Gasteiger charge is 2.15. The third kappa shape index (κ3) is 4.58. The molecule has 1 aromatic carbocycles. The number of amides is 1. The Bertz CT molecular complexity index is 932. The lowest BCUT2D eigenvalue weighted by Crippen LogP contribution is -2.31. The monoisotopic (exact) mass is 364 g/mol. The second kappa shape index (κ2) is 8.27. The van der Waals surface area contributed by atoms with Crippen molar-refractivity contribution >= 4 is 5.91 Å². The number of hydrogen-bond donors (Lipinski definition) is 2. The topological polar surface area (TPSA) is 97.2 Å². The van der Waals surface area contributed by atoms with Crippen LogP contribution in [0.3, 0.4) is 0 Å². The predicted molar refractivity (Wildman–Crippen MR) is 100 cm³/mol. The number of aromatic hydroxyl groups is 1. The van der Waals surface area contributed by atoms with Gasteiger partial charge >= 0.3 is 0 Å². The summed E-state index contributed by atoms with van der Waals surface area (Å²) in [4.78, 5) is 25.0. The standard InChI is InChI=1S/C20H20N4O3/c1-13(23-19(26)12-27-18-6-4-3-5-17(18)25)16-11-22-20(24-14(16)2)15-7-9-21-10-8-15/h3-11,13,25H,12H2,1-2H3,(H,23,26). The molecule has 138 valence electrons. The molecule has 1 atom stereocenters. The fraction of sp³-hybridized carbons (Fsp3) is 0.200. The maximum atomic E-state index is 12.1. The molecule has 1 amide bonds. The number of pyridine rings is 1. The maximum absolute atomic E-state index is 12.1. The molecule has 3 aromatic rings. The minimum atomic E-state index is -0.302. The van der Waals surface area contributed by atoms with Crippen molar-refractivity contribution in [2.45, 2.75) is 19.9 Å². The number of benzene rings is 1. The van der Waals surface area contributed by atoms with Crippen LogP contribution in [0, 0.1) is 6.92 Å². The summed E-state index contributed by atoms with van der Waals surface area (Å²) in [5.74, 6) is 0.569. The highest BCUT2D eigenvalue weighted by atomic mass is 16.5. The van der Waals surface area contributed by atoms with E-state index in [9.17, 15) is 9.90 Å². The van der Waals surface area contributed by atoms with Crippen LogP contribution >= 0.6 is 0 Å². The van der Waals surface area contributed by atoms with Gasteiger partial charge in [0.2, 0.25) is 0 Å². The predicted octanol–water partition coefficient (Wildman–Crippen LogP) is 2.81. The first kappa shape index (κ1) is 18.3. The molecule has 0 saturated carbocycles. The van der Waals surface area contributed by atoms with E-state index in [0.717, 1.165) is 16.8 Å². The summed E-state index contributed by atoms with van der Waals surface area (Å²) in [5, 5.41) is 12.5. The maximum Gasteiger partial charge on any atom is 0.258 e. The van der Waals surface area contributed by atoms with Crippen LogP contribution in [0.5, 0.6) is 11.5 Å². The van der Waals surface area contributed by atoms with Gasteiger partial charge in [-0.05, 0) is 38.1 Å². The highest BCUT2D eigenvalue weighted by molar-refractivity contribution is 5.78. The fourth-order valence-corrected chi connectivity index (χ4v) is 2.62. The average molecular weight is 364 g/mol. The summed E-state index contributed by atoms with van der Waals surface area (Å²) in [6.07, 6.45) is 5.09. The number of phenolic OH excluding ortho intramolecular Hbond substituents is 1. The second-order valence-corrected chi connectivity index (χ2v) is 6.02. The lowest BCUT2D eigenvalue weighted by molar-refractivity contribution is -0.123. The number of aryl methyl sites for hydroxylation is 1. The molecular weight excluding hydrogens is 344 g/mol. The zero-order valence-electron chi connectivity index (χ0n) is 15.1. The number of carbonyl (C=O) groups excluding carboxylic acids is 1. The summed E-state index contributed by atoms with van der Waals surface area (Å²) in [7, 11) is 0. The molecule has 3 rings (SSSR count). The Balaban J connectivity index is 1.63. The first-order chi connectivity index (χ1) is 13.0. The Morgan fingerprint density at radius 3 is 2.67 bits per heavy atom. The fourth-order valence-electron chi connectivity index (χ4n) is 2.62. The molecule has 0 spiro atoms. The minimum absolute atomic E-state index is 0.00528. The second-order valence-electron chi connectivity index (χ2n) is 6.02. The zero-order valence-corrected chi connectivity index (χ0v) is 15.1. The number of hydrogen-bond acceptors (Lipinski definition) is 6. The lowest BCUT2D eigenvalue weighted by Gasteiger charge is -2.16. The van der Waals surface area contributed by atoms with Gasteiger partial charge in [0.1, 0.15) is 0 Å². The van der Waals surface area contributed by atoms with E-state index < -0.39 is 0 Å². The Labute approximate surface area is 157 Å². The summed E-state index contributed by atoms with van der Waals surface area (Å²) < 4.78 is 5.34. The molecule has 0 fully saturated rings. The van der Waals surface area contributed by atoms with Crippen LogP contribution < -0.4 is 10.1 Å². The van der Waals surface area contributed by atoms with Gasteiger partial charge in [-0.25, -0.2) is 9.97 Å². The van der Waals surface area contributed by atoms with Crippen LogP contribution in [-0.4, -0.2) is 32.6 Å². The Kier molecular flexibility index (Phi) is 5.61. The third-order valence-electron chi connectivity index (χ3n) is 4.02. The van der Waals surface area contributed by atoms with E-state index in [1.807, 2.05) is 26.0 Å². The Hall–Kier alpha value is -3.48. The molecule has 7 heteroatoms. The molecular formula is C20H20N4O3. The first-order valence-corrected chi connectivity index (χ1v) is 8.48. The van der Waals surface area contributed by atoms with E-state index in [-0.39, 0.29) is 30.1 Å². The molecule has 2 N–H and O–H groups in total. The van der Waals surface area contributed by atoms with Crippen molar-refractivity contribution in [3.8, 4) is 22.9 Å². The zero-order chi connectivity index (χ0) is 19.2. The normalized spacial score (nSPS) is 11.6. The van der Waals surface area contributed by atoms with Gasteiger partial charge in [0.25, 0.3) is 5.91 Å². The SMILES string of the molecule is Cc1nc(-c2ccncc2)ncc1C(C)NC(=O)COc1ccccc1O. The van der Waals surface area contributed by atoms with Crippen molar-refractivity contribution in [3.63, 3.8) is 0 Å². The van der Waals surface area contributed by atoms with Crippen molar-refractivity contribution < 1.29 is 14.6 Å². The summed E-state index contributed by atoms with van der Waals surface area (Å²) in [6, 6.07) is 9.91. The van der Waals surface area contributed by atoms with Crippen molar-refractivity contribution in [3.05, 3.63) is 66.2 Å². The molecule has 0 aliphatic heterocycles. The van der Waals surface area contributed by atoms with Crippen LogP contribution in [0.4, 0.5) is 0 Å². The average Bonchev–Trinajstić information content (AvgIpc) is 2.68. The van der Waals surface area contributed by atoms with Gasteiger partial charge in [-0.3, -0.25) is 9.78 Å². The van der Waals surface area contributed by atoms with Gasteiger partial charge in [-0.1, -0.05) is 12.1 Å². The highest BCUT2D eigenvalue weighted by Crippen LogP contribution is 2.24. The molecule has 0 aliphatic rings. The quantitative estimate of drug-likeness (QED) is 0.698. The van der Waals surface area contributed by atoms with E-state index in [0.29, 0.717) is 5.82 Å². The molecule has 0 saturated heterocycles. The molecule has 0 bridgehead atoms. The molecule has 2 aromatic heterocycles. The largest absolute Gasteiger partial charge is 0.504 e. The number of ether oxygens (including phenoxy) is 1. The van der Waals surface area contributed by atoms with E-state index >= 15 is 0 Å². The van der Waals surface area contributed by atoms with Gasteiger partial charge in [0.15, 0.2) is 23.9 Å². The van der Waals surface area contributed by atoms with Gasteiger partial charge in [0, 0.05) is 35.4 Å². The number of carbonyl (C=O) groups is 1. The van der Waals surface area contributed by atoms with E-state index in [2.05, 4.69) is 20.3 Å². The van der Waals surface area contributed by atoms with Crippen LogP contribution in [0.2, 0.25) is 0 Å². The van der Waals surface area contributed by atoms with Crippen LogP contribution in [-0.2, 0) is 4.79 Å². The van der Waals surface area contributed by atoms with Gasteiger partial charge in [-0.15, -0.1) is 0 Å². The van der Waals surface area contributed by atoms with Gasteiger partial charge in [-0.2, -0.15) is 0 Å². The molecule has 2 heterocycles. The van der Waals surface area contributed by atoms with Crippen molar-refractivity contribution in [2.75, 3.05) is 6.61 Å². The lowest BCUT2D eigenvalue weighted by atomic mass is 10.1. The van der Waals surface area contributed by atoms with Crippen LogP contribution in [0.25, 0.3) is 11.4 Å². The number of nitrogens with one attached hydrogen (secondary N) is 1. The molecule has 0 aliphatic carbocycles. The number of aromatic nitrogens is 3. The number of nitrogens with zero attached hydrogens (tertiary/aromatic N) is 3. The van der Waals surface area contributed by atoms with E-state index in [4.69, 9.17) is 4.74 Å². The van der Waals surface area contributed by atoms with E-state index in [1.54, 1.807) is 36.8 Å². The smallest absolute Gasteiger partial charge is 0.258 e. The van der Waals surface area contributed by atoms with Crippen molar-refractivity contribution in [2.24, 2.45) is 0 Å².